The molecule has 0 aromatic heterocycles. The molecule has 3 aliphatic rings. The van der Waals surface area contributed by atoms with Crippen molar-refractivity contribution in [2.24, 2.45) is 29.6 Å². The molecule has 0 aliphatic heterocycles. The average molecular weight is 150 g/mol. The van der Waals surface area contributed by atoms with Crippen LogP contribution in [0.25, 0.3) is 0 Å². The average Bonchev–Trinajstić information content (AvgIpc) is 1.94. The van der Waals surface area contributed by atoms with Crippen LogP contribution >= 0.6 is 0 Å². The highest BCUT2D eigenvalue weighted by Crippen LogP contribution is 2.64. The molecular weight excluding hydrogens is 132 g/mol. The minimum atomic E-state index is 1.08. The molecule has 0 N–H and O–H groups in total. The zero-order chi connectivity index (χ0) is 7.42. The van der Waals surface area contributed by atoms with Gasteiger partial charge < -0.3 is 0 Å². The second-order valence-corrected chi connectivity index (χ2v) is 5.05. The van der Waals surface area contributed by atoms with Crippen LogP contribution in [0.1, 0.15) is 39.0 Å². The molecule has 3 fully saturated rings. The molecule has 3 rings (SSSR count). The lowest BCUT2D eigenvalue weighted by atomic mass is 9.41. The Hall–Kier alpha value is 0. The van der Waals surface area contributed by atoms with E-state index in [0.717, 1.165) is 5.92 Å². The third-order valence-corrected chi connectivity index (χ3v) is 4.78. The minimum absolute atomic E-state index is 1.08. The second-order valence-electron chi connectivity index (χ2n) is 5.05. The van der Waals surface area contributed by atoms with Gasteiger partial charge >= 0.3 is 0 Å². The molecule has 0 amide bonds. The molecule has 0 aromatic rings. The predicted molar refractivity (Wildman–Crippen MR) is 46.2 cm³/mol. The smallest absolute Gasteiger partial charge is 0.0326 e. The quantitative estimate of drug-likeness (QED) is 0.498. The molecule has 3 saturated carbocycles. The lowest BCUT2D eigenvalue weighted by Crippen LogP contribution is -2.56. The van der Waals surface area contributed by atoms with Crippen LogP contribution in [0.2, 0.25) is 0 Å². The van der Waals surface area contributed by atoms with E-state index in [0.29, 0.717) is 0 Å². The SMILES string of the molecule is CC1CCCC2C3CCC3C12. The third-order valence-electron chi connectivity index (χ3n) is 4.78. The van der Waals surface area contributed by atoms with Crippen molar-refractivity contribution in [3.05, 3.63) is 0 Å². The maximum Gasteiger partial charge on any atom is -0.0326 e. The van der Waals surface area contributed by atoms with Gasteiger partial charge in [-0.25, -0.2) is 0 Å². The van der Waals surface area contributed by atoms with E-state index in [2.05, 4.69) is 6.92 Å². The fourth-order valence-electron chi connectivity index (χ4n) is 4.14. The highest BCUT2D eigenvalue weighted by Gasteiger charge is 2.56. The van der Waals surface area contributed by atoms with E-state index in [9.17, 15) is 0 Å². The largest absolute Gasteiger partial charge is 0.0622 e. The fraction of sp³-hybridized carbons (Fsp3) is 1.00. The number of hydrogen-bond donors (Lipinski definition) is 0. The van der Waals surface area contributed by atoms with Gasteiger partial charge in [-0.05, 0) is 48.9 Å². The Kier molecular flexibility index (Phi) is 1.20. The summed E-state index contributed by atoms with van der Waals surface area (Å²) >= 11 is 0. The highest BCUT2D eigenvalue weighted by atomic mass is 14.6. The van der Waals surface area contributed by atoms with Crippen LogP contribution < -0.4 is 0 Å². The van der Waals surface area contributed by atoms with Gasteiger partial charge in [0, 0.05) is 0 Å². The predicted octanol–water partition coefficient (Wildman–Crippen LogP) is 3.08. The number of rotatable bonds is 0. The van der Waals surface area contributed by atoms with Gasteiger partial charge in [0.15, 0.2) is 0 Å². The lowest BCUT2D eigenvalue weighted by Gasteiger charge is -2.63. The zero-order valence-electron chi connectivity index (χ0n) is 7.42. The molecule has 0 heterocycles. The van der Waals surface area contributed by atoms with Crippen molar-refractivity contribution in [3.8, 4) is 0 Å². The molecule has 0 nitrogen and oxygen atoms in total. The standard InChI is InChI=1S/C11H18/c1-7-3-2-4-9-8-5-6-10(8)11(7)9/h7-11H,2-6H2,1H3. The summed E-state index contributed by atoms with van der Waals surface area (Å²) in [4.78, 5) is 0. The molecule has 62 valence electrons. The van der Waals surface area contributed by atoms with Gasteiger partial charge in [-0.15, -0.1) is 0 Å². The molecule has 5 atom stereocenters. The Morgan fingerprint density at radius 1 is 0.818 bits per heavy atom. The first-order chi connectivity index (χ1) is 5.38. The third kappa shape index (κ3) is 0.666. The van der Waals surface area contributed by atoms with Gasteiger partial charge in [0.2, 0.25) is 0 Å². The van der Waals surface area contributed by atoms with Gasteiger partial charge in [0.25, 0.3) is 0 Å². The molecule has 5 unspecified atom stereocenters. The Bertz CT molecular complexity index is 171. The van der Waals surface area contributed by atoms with Crippen molar-refractivity contribution in [2.45, 2.75) is 39.0 Å². The molecule has 11 heavy (non-hydrogen) atoms. The molecule has 0 spiro atoms. The second kappa shape index (κ2) is 2.02. The summed E-state index contributed by atoms with van der Waals surface area (Å²) in [5.74, 6) is 5.87. The van der Waals surface area contributed by atoms with Crippen molar-refractivity contribution in [3.63, 3.8) is 0 Å². The fourth-order valence-corrected chi connectivity index (χ4v) is 4.14. The van der Waals surface area contributed by atoms with Crippen LogP contribution in [0.3, 0.4) is 0 Å². The summed E-state index contributed by atoms with van der Waals surface area (Å²) in [5.41, 5.74) is 0. The van der Waals surface area contributed by atoms with Crippen LogP contribution in [0.5, 0.6) is 0 Å². The summed E-state index contributed by atoms with van der Waals surface area (Å²) in [5, 5.41) is 0. The monoisotopic (exact) mass is 150 g/mol. The first-order valence-corrected chi connectivity index (χ1v) is 5.38. The summed E-state index contributed by atoms with van der Waals surface area (Å²) in [6, 6.07) is 0. The van der Waals surface area contributed by atoms with E-state index >= 15 is 0 Å². The number of hydrogen-bond acceptors (Lipinski definition) is 0. The Balaban J connectivity index is 1.79. The van der Waals surface area contributed by atoms with Gasteiger partial charge in [-0.1, -0.05) is 19.8 Å². The molecule has 0 bridgehead atoms. The topological polar surface area (TPSA) is 0 Å². The summed E-state index contributed by atoms with van der Waals surface area (Å²) < 4.78 is 0. The molecule has 3 aliphatic carbocycles. The lowest BCUT2D eigenvalue weighted by molar-refractivity contribution is -0.147. The molecule has 0 saturated heterocycles. The molecule has 0 aromatic carbocycles. The van der Waals surface area contributed by atoms with E-state index in [4.69, 9.17) is 0 Å². The van der Waals surface area contributed by atoms with E-state index in [1.165, 1.54) is 36.5 Å². The van der Waals surface area contributed by atoms with Gasteiger partial charge in [-0.3, -0.25) is 0 Å². The number of fused-ring (bicyclic) bond motifs is 4. The first-order valence-electron chi connectivity index (χ1n) is 5.38. The van der Waals surface area contributed by atoms with Crippen molar-refractivity contribution < 1.29 is 0 Å². The maximum atomic E-state index is 2.49. The van der Waals surface area contributed by atoms with E-state index in [-0.39, 0.29) is 0 Å². The van der Waals surface area contributed by atoms with E-state index in [1.807, 2.05) is 0 Å². The zero-order valence-corrected chi connectivity index (χ0v) is 7.42. The van der Waals surface area contributed by atoms with Crippen LogP contribution in [0.4, 0.5) is 0 Å². The van der Waals surface area contributed by atoms with Gasteiger partial charge in [-0.2, -0.15) is 0 Å². The van der Waals surface area contributed by atoms with Crippen LogP contribution in [0.15, 0.2) is 0 Å². The summed E-state index contributed by atoms with van der Waals surface area (Å²) in [7, 11) is 0. The first kappa shape index (κ1) is 6.51. The molecular formula is C11H18. The van der Waals surface area contributed by atoms with Crippen LogP contribution in [0, 0.1) is 29.6 Å². The van der Waals surface area contributed by atoms with E-state index in [1.54, 1.807) is 19.3 Å². The van der Waals surface area contributed by atoms with Crippen LogP contribution in [-0.2, 0) is 0 Å². The normalized spacial score (nSPS) is 60.3. The molecule has 0 heteroatoms. The Morgan fingerprint density at radius 3 is 2.18 bits per heavy atom. The summed E-state index contributed by atoms with van der Waals surface area (Å²) in [6.45, 7) is 2.49. The van der Waals surface area contributed by atoms with Crippen molar-refractivity contribution in [1.29, 1.82) is 0 Å². The van der Waals surface area contributed by atoms with E-state index < -0.39 is 0 Å². The Labute approximate surface area is 69.4 Å². The van der Waals surface area contributed by atoms with Gasteiger partial charge in [0.05, 0.1) is 0 Å². The van der Waals surface area contributed by atoms with Crippen molar-refractivity contribution in [2.75, 3.05) is 0 Å². The Morgan fingerprint density at radius 2 is 1.55 bits per heavy atom. The highest BCUT2D eigenvalue weighted by molar-refractivity contribution is 5.05. The minimum Gasteiger partial charge on any atom is -0.0622 e. The maximum absolute atomic E-state index is 2.49. The van der Waals surface area contributed by atoms with Crippen LogP contribution in [-0.4, -0.2) is 0 Å². The molecule has 0 radical (unpaired) electrons. The van der Waals surface area contributed by atoms with Gasteiger partial charge in [0.1, 0.15) is 0 Å². The summed E-state index contributed by atoms with van der Waals surface area (Å²) in [6.07, 6.45) is 7.81. The van der Waals surface area contributed by atoms with Crippen molar-refractivity contribution >= 4 is 0 Å². The van der Waals surface area contributed by atoms with Crippen molar-refractivity contribution in [1.82, 2.24) is 0 Å².